The Morgan fingerprint density at radius 3 is 2.14 bits per heavy atom. The molecule has 152 valence electrons. The van der Waals surface area contributed by atoms with E-state index in [-0.39, 0.29) is 5.75 Å². The highest BCUT2D eigenvalue weighted by molar-refractivity contribution is 5.79. The van der Waals surface area contributed by atoms with Gasteiger partial charge in [0.05, 0.1) is 7.11 Å². The van der Waals surface area contributed by atoms with Crippen molar-refractivity contribution in [1.82, 2.24) is 10.6 Å². The first-order valence-corrected chi connectivity index (χ1v) is 8.67. The average Bonchev–Trinajstić information content (AvgIpc) is 2.67. The molecule has 0 aliphatic heterocycles. The summed E-state index contributed by atoms with van der Waals surface area (Å²) >= 11 is 0. The maximum atomic E-state index is 12.2. The fraction of sp³-hybridized carbons (Fsp3) is 0.350. The minimum absolute atomic E-state index is 0.179. The Morgan fingerprint density at radius 1 is 1.00 bits per heavy atom. The van der Waals surface area contributed by atoms with E-state index in [1.165, 1.54) is 12.1 Å². The van der Waals surface area contributed by atoms with E-state index < -0.39 is 12.8 Å². The lowest BCUT2D eigenvalue weighted by atomic mass is 10.1. The zero-order chi connectivity index (χ0) is 20.6. The molecule has 0 aromatic heterocycles. The van der Waals surface area contributed by atoms with Crippen molar-refractivity contribution < 1.29 is 22.6 Å². The number of aryl methyl sites for hydroxylation is 1. The van der Waals surface area contributed by atoms with Crippen LogP contribution in [0.1, 0.15) is 16.7 Å². The summed E-state index contributed by atoms with van der Waals surface area (Å²) in [5.74, 6) is 1.64. The molecule has 0 bridgehead atoms. The molecule has 0 aliphatic carbocycles. The van der Waals surface area contributed by atoms with Crippen LogP contribution in [0.25, 0.3) is 0 Å². The van der Waals surface area contributed by atoms with E-state index in [1.807, 2.05) is 25.1 Å². The third-order valence-corrected chi connectivity index (χ3v) is 3.93. The molecule has 0 unspecified atom stereocenters. The van der Waals surface area contributed by atoms with Crippen molar-refractivity contribution in [1.29, 1.82) is 0 Å². The van der Waals surface area contributed by atoms with Crippen LogP contribution in [0.2, 0.25) is 0 Å². The molecule has 0 spiro atoms. The lowest BCUT2D eigenvalue weighted by Crippen LogP contribution is -2.36. The molecule has 2 N–H and O–H groups in total. The van der Waals surface area contributed by atoms with Crippen LogP contribution in [0.4, 0.5) is 13.2 Å². The van der Waals surface area contributed by atoms with Crippen LogP contribution < -0.4 is 20.1 Å². The number of methoxy groups -OCH3 is 1. The topological polar surface area (TPSA) is 54.9 Å². The van der Waals surface area contributed by atoms with Gasteiger partial charge in [0.25, 0.3) is 0 Å². The number of nitrogens with one attached hydrogen (secondary N) is 2. The first-order chi connectivity index (χ1) is 13.3. The van der Waals surface area contributed by atoms with Crippen LogP contribution in [0.5, 0.6) is 11.5 Å². The Bertz CT molecular complexity index is 790. The molecular weight excluding hydrogens is 371 g/mol. The summed E-state index contributed by atoms with van der Waals surface area (Å²) in [7, 11) is 3.31. The Labute approximate surface area is 162 Å². The summed E-state index contributed by atoms with van der Waals surface area (Å²) in [5.41, 5.74) is 3.03. The maximum absolute atomic E-state index is 12.2. The fourth-order valence-electron chi connectivity index (χ4n) is 2.51. The maximum Gasteiger partial charge on any atom is 0.422 e. The Kier molecular flexibility index (Phi) is 7.54. The second-order valence-electron chi connectivity index (χ2n) is 6.13. The van der Waals surface area contributed by atoms with E-state index >= 15 is 0 Å². The van der Waals surface area contributed by atoms with E-state index in [2.05, 4.69) is 15.6 Å². The molecule has 2 aromatic rings. The second kappa shape index (κ2) is 9.87. The molecule has 0 saturated heterocycles. The van der Waals surface area contributed by atoms with Crippen molar-refractivity contribution in [3.8, 4) is 11.5 Å². The number of hydrogen-bond donors (Lipinski definition) is 2. The van der Waals surface area contributed by atoms with Crippen molar-refractivity contribution in [3.05, 3.63) is 59.2 Å². The Hall–Kier alpha value is -2.90. The molecule has 0 heterocycles. The van der Waals surface area contributed by atoms with Gasteiger partial charge in [-0.1, -0.05) is 24.3 Å². The lowest BCUT2D eigenvalue weighted by molar-refractivity contribution is -0.153. The Morgan fingerprint density at radius 2 is 1.61 bits per heavy atom. The second-order valence-corrected chi connectivity index (χ2v) is 6.13. The number of halogens is 3. The third kappa shape index (κ3) is 7.02. The van der Waals surface area contributed by atoms with Crippen molar-refractivity contribution in [2.75, 3.05) is 20.8 Å². The molecule has 0 radical (unpaired) electrons. The molecule has 0 fully saturated rings. The summed E-state index contributed by atoms with van der Waals surface area (Å²) < 4.78 is 46.4. The predicted octanol–water partition coefficient (Wildman–Crippen LogP) is 3.81. The standard InChI is InChI=1S/C20H24F3N3O2/c1-14-10-16(6-9-18(14)27-3)12-26-19(24-2)25-11-15-4-7-17(8-5-15)28-13-20(21,22)23/h4-10H,11-13H2,1-3H3,(H2,24,25,26). The van der Waals surface area contributed by atoms with Crippen LogP contribution in [-0.4, -0.2) is 32.9 Å². The van der Waals surface area contributed by atoms with E-state index in [9.17, 15) is 13.2 Å². The number of alkyl halides is 3. The smallest absolute Gasteiger partial charge is 0.422 e. The van der Waals surface area contributed by atoms with Gasteiger partial charge in [0.1, 0.15) is 11.5 Å². The summed E-state index contributed by atoms with van der Waals surface area (Å²) in [6.07, 6.45) is -4.35. The van der Waals surface area contributed by atoms with E-state index in [0.717, 1.165) is 22.4 Å². The zero-order valence-electron chi connectivity index (χ0n) is 16.1. The molecule has 0 atom stereocenters. The lowest BCUT2D eigenvalue weighted by Gasteiger charge is -2.13. The highest BCUT2D eigenvalue weighted by Gasteiger charge is 2.28. The Balaban J connectivity index is 1.82. The molecular formula is C20H24F3N3O2. The van der Waals surface area contributed by atoms with Crippen molar-refractivity contribution >= 4 is 5.96 Å². The van der Waals surface area contributed by atoms with Gasteiger partial charge in [0, 0.05) is 20.1 Å². The van der Waals surface area contributed by atoms with Crippen molar-refractivity contribution in [3.63, 3.8) is 0 Å². The number of guanidine groups is 1. The first-order valence-electron chi connectivity index (χ1n) is 8.67. The van der Waals surface area contributed by atoms with Gasteiger partial charge in [0.15, 0.2) is 12.6 Å². The third-order valence-electron chi connectivity index (χ3n) is 3.93. The number of hydrogen-bond acceptors (Lipinski definition) is 3. The van der Waals surface area contributed by atoms with Crippen LogP contribution in [0.3, 0.4) is 0 Å². The molecule has 28 heavy (non-hydrogen) atoms. The van der Waals surface area contributed by atoms with Crippen LogP contribution in [-0.2, 0) is 13.1 Å². The fourth-order valence-corrected chi connectivity index (χ4v) is 2.51. The summed E-state index contributed by atoms with van der Waals surface area (Å²) in [4.78, 5) is 4.17. The largest absolute Gasteiger partial charge is 0.496 e. The minimum atomic E-state index is -4.35. The van der Waals surface area contributed by atoms with Gasteiger partial charge in [-0.15, -0.1) is 0 Å². The molecule has 0 amide bonds. The van der Waals surface area contributed by atoms with Gasteiger partial charge < -0.3 is 20.1 Å². The van der Waals surface area contributed by atoms with Gasteiger partial charge >= 0.3 is 6.18 Å². The highest BCUT2D eigenvalue weighted by atomic mass is 19.4. The van der Waals surface area contributed by atoms with Crippen LogP contribution in [0, 0.1) is 6.92 Å². The molecule has 8 heteroatoms. The average molecular weight is 395 g/mol. The number of benzene rings is 2. The normalized spacial score (nSPS) is 11.9. The summed E-state index contributed by atoms with van der Waals surface area (Å²) in [6, 6.07) is 12.4. The zero-order valence-corrected chi connectivity index (χ0v) is 16.1. The van der Waals surface area contributed by atoms with Crippen LogP contribution >= 0.6 is 0 Å². The van der Waals surface area contributed by atoms with Gasteiger partial charge in [-0.3, -0.25) is 4.99 Å². The van der Waals surface area contributed by atoms with Crippen molar-refractivity contribution in [2.45, 2.75) is 26.2 Å². The van der Waals surface area contributed by atoms with Gasteiger partial charge in [-0.05, 0) is 41.8 Å². The van der Waals surface area contributed by atoms with Crippen molar-refractivity contribution in [2.24, 2.45) is 4.99 Å². The number of rotatable bonds is 7. The van der Waals surface area contributed by atoms with Crippen LogP contribution in [0.15, 0.2) is 47.5 Å². The number of nitrogens with zero attached hydrogens (tertiary/aromatic N) is 1. The molecule has 0 aliphatic rings. The van der Waals surface area contributed by atoms with Gasteiger partial charge in [-0.25, -0.2) is 0 Å². The first kappa shape index (κ1) is 21.4. The molecule has 0 saturated carbocycles. The number of ether oxygens (including phenoxy) is 2. The molecule has 5 nitrogen and oxygen atoms in total. The SMILES string of the molecule is CN=C(NCc1ccc(OCC(F)(F)F)cc1)NCc1ccc(OC)c(C)c1. The van der Waals surface area contributed by atoms with E-state index in [0.29, 0.717) is 19.0 Å². The minimum Gasteiger partial charge on any atom is -0.496 e. The van der Waals surface area contributed by atoms with Gasteiger partial charge in [-0.2, -0.15) is 13.2 Å². The van der Waals surface area contributed by atoms with E-state index in [1.54, 1.807) is 26.3 Å². The predicted molar refractivity (Wildman–Crippen MR) is 103 cm³/mol. The molecule has 2 aromatic carbocycles. The summed E-state index contributed by atoms with van der Waals surface area (Å²) in [6.45, 7) is 1.75. The molecule has 2 rings (SSSR count). The van der Waals surface area contributed by atoms with E-state index in [4.69, 9.17) is 9.47 Å². The van der Waals surface area contributed by atoms with Gasteiger partial charge in [0.2, 0.25) is 0 Å². The highest BCUT2D eigenvalue weighted by Crippen LogP contribution is 2.19. The quantitative estimate of drug-likeness (QED) is 0.553. The number of aliphatic imine (C=N–C) groups is 1. The monoisotopic (exact) mass is 395 g/mol. The summed E-state index contributed by atoms with van der Waals surface area (Å²) in [5, 5.41) is 6.38.